The van der Waals surface area contributed by atoms with Crippen LogP contribution < -0.4 is 0 Å². The Balaban J connectivity index is 1.90. The Kier molecular flexibility index (Phi) is 3.49. The molecule has 2 atom stereocenters. The highest BCUT2D eigenvalue weighted by Gasteiger charge is 2.29. The van der Waals surface area contributed by atoms with Crippen LogP contribution >= 0.6 is 23.2 Å². The van der Waals surface area contributed by atoms with E-state index < -0.39 is 0 Å². The van der Waals surface area contributed by atoms with E-state index in [1.54, 1.807) is 6.20 Å². The van der Waals surface area contributed by atoms with Crippen LogP contribution in [0.5, 0.6) is 0 Å². The molecule has 0 saturated heterocycles. The van der Waals surface area contributed by atoms with Gasteiger partial charge in [0, 0.05) is 16.9 Å². The van der Waals surface area contributed by atoms with Crippen LogP contribution in [0.4, 0.5) is 0 Å². The molecule has 2 aromatic rings. The van der Waals surface area contributed by atoms with Gasteiger partial charge >= 0.3 is 0 Å². The fourth-order valence-corrected chi connectivity index (χ4v) is 2.46. The van der Waals surface area contributed by atoms with Crippen molar-refractivity contribution in [3.63, 3.8) is 0 Å². The molecule has 0 saturated carbocycles. The van der Waals surface area contributed by atoms with Gasteiger partial charge in [-0.1, -0.05) is 35.3 Å². The summed E-state index contributed by atoms with van der Waals surface area (Å²) < 4.78 is 0. The molecular formula is C14H11Cl2N3. The summed E-state index contributed by atoms with van der Waals surface area (Å²) in [6.45, 7) is 0.655. The van der Waals surface area contributed by atoms with E-state index in [1.807, 2.05) is 36.4 Å². The molecule has 3 rings (SSSR count). The van der Waals surface area contributed by atoms with Crippen molar-refractivity contribution in [2.75, 3.05) is 6.54 Å². The zero-order valence-corrected chi connectivity index (χ0v) is 11.5. The summed E-state index contributed by atoms with van der Waals surface area (Å²) in [4.78, 5) is 4.38. The molecule has 96 valence electrons. The molecule has 0 aliphatic carbocycles. The van der Waals surface area contributed by atoms with Crippen LogP contribution in [0.3, 0.4) is 0 Å². The van der Waals surface area contributed by atoms with Crippen LogP contribution in [-0.4, -0.2) is 11.5 Å². The van der Waals surface area contributed by atoms with E-state index in [0.29, 0.717) is 11.6 Å². The summed E-state index contributed by atoms with van der Waals surface area (Å²) in [5.41, 5.74) is 2.07. The third-order valence-electron chi connectivity index (χ3n) is 3.21. The standard InChI is InChI=1S/C14H11Cl2N3/c15-10-3-1-9(2-4-10)14-12(8-18-19-14)13-6-5-11(16)7-17-13/h1-7,12,14H,8H2. The van der Waals surface area contributed by atoms with Crippen LogP contribution in [0.1, 0.15) is 23.2 Å². The number of pyridine rings is 1. The summed E-state index contributed by atoms with van der Waals surface area (Å²) in [7, 11) is 0. The smallest absolute Gasteiger partial charge is 0.106 e. The zero-order valence-electron chi connectivity index (χ0n) is 10.0. The molecule has 0 spiro atoms. The number of aromatic nitrogens is 1. The van der Waals surface area contributed by atoms with E-state index in [-0.39, 0.29) is 12.0 Å². The van der Waals surface area contributed by atoms with E-state index in [4.69, 9.17) is 23.2 Å². The zero-order chi connectivity index (χ0) is 13.2. The Morgan fingerprint density at radius 1 is 0.947 bits per heavy atom. The van der Waals surface area contributed by atoms with Gasteiger partial charge in [-0.05, 0) is 29.8 Å². The van der Waals surface area contributed by atoms with Gasteiger partial charge in [-0.25, -0.2) is 0 Å². The van der Waals surface area contributed by atoms with Gasteiger partial charge in [0.2, 0.25) is 0 Å². The Hall–Kier alpha value is -1.45. The first-order valence-electron chi connectivity index (χ1n) is 5.97. The average molecular weight is 292 g/mol. The van der Waals surface area contributed by atoms with Crippen LogP contribution in [0, 0.1) is 0 Å². The van der Waals surface area contributed by atoms with E-state index in [2.05, 4.69) is 15.2 Å². The molecule has 2 heterocycles. The highest BCUT2D eigenvalue weighted by atomic mass is 35.5. The molecule has 2 unspecified atom stereocenters. The number of hydrogen-bond acceptors (Lipinski definition) is 3. The first-order valence-corrected chi connectivity index (χ1v) is 6.73. The second kappa shape index (κ2) is 5.27. The Labute approximate surface area is 121 Å². The molecule has 1 aliphatic rings. The predicted octanol–water partition coefficient (Wildman–Crippen LogP) is 4.68. The van der Waals surface area contributed by atoms with E-state index in [9.17, 15) is 0 Å². The van der Waals surface area contributed by atoms with Crippen LogP contribution in [0.2, 0.25) is 10.0 Å². The Morgan fingerprint density at radius 2 is 1.68 bits per heavy atom. The van der Waals surface area contributed by atoms with Gasteiger partial charge in [0.15, 0.2) is 0 Å². The third-order valence-corrected chi connectivity index (χ3v) is 3.68. The highest BCUT2D eigenvalue weighted by Crippen LogP contribution is 2.38. The second-order valence-corrected chi connectivity index (χ2v) is 5.32. The minimum Gasteiger partial charge on any atom is -0.259 e. The van der Waals surface area contributed by atoms with Crippen molar-refractivity contribution in [1.82, 2.24) is 4.98 Å². The molecule has 1 aliphatic heterocycles. The van der Waals surface area contributed by atoms with Crippen molar-refractivity contribution in [3.05, 3.63) is 63.9 Å². The molecule has 0 bridgehead atoms. The summed E-state index contributed by atoms with van der Waals surface area (Å²) in [5, 5.41) is 9.85. The van der Waals surface area contributed by atoms with Gasteiger partial charge in [0.05, 0.1) is 17.5 Å². The highest BCUT2D eigenvalue weighted by molar-refractivity contribution is 6.30. The second-order valence-electron chi connectivity index (χ2n) is 4.44. The fourth-order valence-electron chi connectivity index (χ4n) is 2.22. The van der Waals surface area contributed by atoms with Gasteiger partial charge < -0.3 is 0 Å². The van der Waals surface area contributed by atoms with Crippen LogP contribution in [0.15, 0.2) is 52.8 Å². The molecule has 3 nitrogen and oxygen atoms in total. The molecule has 0 N–H and O–H groups in total. The Morgan fingerprint density at radius 3 is 2.37 bits per heavy atom. The van der Waals surface area contributed by atoms with Crippen LogP contribution in [0.25, 0.3) is 0 Å². The van der Waals surface area contributed by atoms with Crippen molar-refractivity contribution in [2.24, 2.45) is 10.2 Å². The summed E-state index contributed by atoms with van der Waals surface area (Å²) in [6, 6.07) is 11.5. The van der Waals surface area contributed by atoms with Gasteiger partial charge in [0.1, 0.15) is 6.04 Å². The minimum absolute atomic E-state index is 0.00550. The average Bonchev–Trinajstić information content (AvgIpc) is 2.90. The number of halogens is 2. The maximum atomic E-state index is 5.91. The monoisotopic (exact) mass is 291 g/mol. The molecule has 0 amide bonds. The third kappa shape index (κ3) is 2.62. The minimum atomic E-state index is 0.00550. The predicted molar refractivity (Wildman–Crippen MR) is 75.9 cm³/mol. The van der Waals surface area contributed by atoms with Crippen molar-refractivity contribution in [3.8, 4) is 0 Å². The summed E-state index contributed by atoms with van der Waals surface area (Å²) in [5.74, 6) is 0.165. The van der Waals surface area contributed by atoms with E-state index in [1.165, 1.54) is 0 Å². The lowest BCUT2D eigenvalue weighted by atomic mass is 9.91. The first kappa shape index (κ1) is 12.6. The van der Waals surface area contributed by atoms with Crippen molar-refractivity contribution in [2.45, 2.75) is 12.0 Å². The molecule has 5 heteroatoms. The lowest BCUT2D eigenvalue weighted by molar-refractivity contribution is 0.619. The van der Waals surface area contributed by atoms with Crippen molar-refractivity contribution >= 4 is 23.2 Å². The lowest BCUT2D eigenvalue weighted by Crippen LogP contribution is -2.09. The van der Waals surface area contributed by atoms with E-state index >= 15 is 0 Å². The Bertz CT molecular complexity index is 593. The number of hydrogen-bond donors (Lipinski definition) is 0. The molecule has 19 heavy (non-hydrogen) atoms. The largest absolute Gasteiger partial charge is 0.259 e. The molecular weight excluding hydrogens is 281 g/mol. The molecule has 1 aromatic carbocycles. The fraction of sp³-hybridized carbons (Fsp3) is 0.214. The first-order chi connectivity index (χ1) is 9.24. The normalized spacial score (nSPS) is 21.8. The van der Waals surface area contributed by atoms with Crippen molar-refractivity contribution in [1.29, 1.82) is 0 Å². The summed E-state index contributed by atoms with van der Waals surface area (Å²) in [6.07, 6.45) is 1.66. The quantitative estimate of drug-likeness (QED) is 0.792. The lowest BCUT2D eigenvalue weighted by Gasteiger charge is -2.16. The van der Waals surface area contributed by atoms with Gasteiger partial charge in [0.25, 0.3) is 0 Å². The number of azo groups is 1. The van der Waals surface area contributed by atoms with Gasteiger partial charge in [-0.15, -0.1) is 0 Å². The number of benzene rings is 1. The SMILES string of the molecule is Clc1ccc(C2N=NCC2c2ccc(Cl)cn2)cc1. The molecule has 1 aromatic heterocycles. The van der Waals surface area contributed by atoms with Crippen LogP contribution in [-0.2, 0) is 0 Å². The summed E-state index contributed by atoms with van der Waals surface area (Å²) >= 11 is 11.8. The molecule has 0 fully saturated rings. The van der Waals surface area contributed by atoms with E-state index in [0.717, 1.165) is 16.3 Å². The van der Waals surface area contributed by atoms with Gasteiger partial charge in [-0.3, -0.25) is 4.98 Å². The topological polar surface area (TPSA) is 37.6 Å². The maximum Gasteiger partial charge on any atom is 0.106 e. The molecule has 0 radical (unpaired) electrons. The van der Waals surface area contributed by atoms with Gasteiger partial charge in [-0.2, -0.15) is 10.2 Å². The van der Waals surface area contributed by atoms with Crippen molar-refractivity contribution < 1.29 is 0 Å². The number of rotatable bonds is 2. The maximum absolute atomic E-state index is 5.91. The number of nitrogens with zero attached hydrogens (tertiary/aromatic N) is 3.